The Kier molecular flexibility index (Phi) is 6.15. The molecule has 0 aliphatic carbocycles. The Balaban J connectivity index is 1.17. The lowest BCUT2D eigenvalue weighted by Crippen LogP contribution is -2.45. The van der Waals surface area contributed by atoms with Crippen LogP contribution in [0.15, 0.2) is 28.7 Å². The van der Waals surface area contributed by atoms with Gasteiger partial charge in [0.1, 0.15) is 5.52 Å². The summed E-state index contributed by atoms with van der Waals surface area (Å²) in [5.41, 5.74) is 1.77. The molecular weight excluding hydrogens is 352 g/mol. The van der Waals surface area contributed by atoms with Crippen molar-refractivity contribution in [2.24, 2.45) is 5.92 Å². The van der Waals surface area contributed by atoms with Gasteiger partial charge in [-0.1, -0.05) is 19.1 Å². The maximum absolute atomic E-state index is 12.4. The normalized spacial score (nSPS) is 20.0. The molecule has 1 N–H and O–H groups in total. The largest absolute Gasteiger partial charge is 0.440 e. The van der Waals surface area contributed by atoms with Crippen molar-refractivity contribution in [3.05, 3.63) is 30.2 Å². The first-order valence-electron chi connectivity index (χ1n) is 10.8. The van der Waals surface area contributed by atoms with Crippen molar-refractivity contribution in [3.8, 4) is 0 Å². The van der Waals surface area contributed by atoms with Gasteiger partial charge in [-0.3, -0.25) is 0 Å². The van der Waals surface area contributed by atoms with Crippen LogP contribution in [0.3, 0.4) is 0 Å². The minimum absolute atomic E-state index is 0.0725. The molecule has 1 aromatic heterocycles. The first kappa shape index (κ1) is 19.2. The topological polar surface area (TPSA) is 61.6 Å². The van der Waals surface area contributed by atoms with E-state index in [0.29, 0.717) is 5.92 Å². The maximum Gasteiger partial charge on any atom is 0.317 e. The minimum Gasteiger partial charge on any atom is -0.440 e. The maximum atomic E-state index is 12.4. The van der Waals surface area contributed by atoms with Crippen LogP contribution in [-0.4, -0.2) is 60.1 Å². The van der Waals surface area contributed by atoms with Gasteiger partial charge in [0.2, 0.25) is 0 Å². The van der Waals surface area contributed by atoms with Gasteiger partial charge in [0.15, 0.2) is 11.5 Å². The zero-order chi connectivity index (χ0) is 19.3. The standard InChI is InChI=1S/C22H32N4O2/c1-17-7-13-25(14-8-17)12-4-11-23-22(27)26-15-9-18(10-16-26)21-24-19-5-2-3-6-20(19)28-21/h2-3,5-6,17-18H,4,7-16H2,1H3,(H,23,27). The van der Waals surface area contributed by atoms with E-state index in [9.17, 15) is 4.79 Å². The van der Waals surface area contributed by atoms with Gasteiger partial charge in [0.05, 0.1) is 0 Å². The highest BCUT2D eigenvalue weighted by molar-refractivity contribution is 5.74. The number of piperidine rings is 2. The molecule has 2 aliphatic rings. The third kappa shape index (κ3) is 4.66. The predicted molar refractivity (Wildman–Crippen MR) is 110 cm³/mol. The van der Waals surface area contributed by atoms with Crippen molar-refractivity contribution >= 4 is 17.1 Å². The molecule has 152 valence electrons. The lowest BCUT2D eigenvalue weighted by atomic mass is 9.97. The van der Waals surface area contributed by atoms with Crippen molar-refractivity contribution in [2.75, 3.05) is 39.3 Å². The van der Waals surface area contributed by atoms with Crippen LogP contribution >= 0.6 is 0 Å². The van der Waals surface area contributed by atoms with Crippen LogP contribution in [-0.2, 0) is 0 Å². The summed E-state index contributed by atoms with van der Waals surface area (Å²) in [7, 11) is 0. The van der Waals surface area contributed by atoms with E-state index in [0.717, 1.165) is 68.3 Å². The van der Waals surface area contributed by atoms with Crippen LogP contribution in [0.25, 0.3) is 11.1 Å². The number of para-hydroxylation sites is 2. The molecule has 28 heavy (non-hydrogen) atoms. The third-order valence-corrected chi connectivity index (χ3v) is 6.25. The van der Waals surface area contributed by atoms with Crippen molar-refractivity contribution < 1.29 is 9.21 Å². The van der Waals surface area contributed by atoms with Crippen molar-refractivity contribution in [2.45, 2.75) is 44.9 Å². The van der Waals surface area contributed by atoms with E-state index in [1.54, 1.807) is 0 Å². The molecule has 2 saturated heterocycles. The van der Waals surface area contributed by atoms with Gasteiger partial charge in [-0.2, -0.15) is 0 Å². The summed E-state index contributed by atoms with van der Waals surface area (Å²) in [5, 5.41) is 3.10. The number of urea groups is 1. The number of carbonyl (C=O) groups excluding carboxylic acids is 1. The molecule has 2 fully saturated rings. The quantitative estimate of drug-likeness (QED) is 0.796. The molecule has 0 spiro atoms. The summed E-state index contributed by atoms with van der Waals surface area (Å²) < 4.78 is 5.91. The van der Waals surface area contributed by atoms with Crippen LogP contribution in [0.1, 0.15) is 50.8 Å². The van der Waals surface area contributed by atoms with E-state index in [2.05, 4.69) is 22.1 Å². The lowest BCUT2D eigenvalue weighted by Gasteiger charge is -2.31. The Morgan fingerprint density at radius 2 is 1.89 bits per heavy atom. The molecule has 0 radical (unpaired) electrons. The van der Waals surface area contributed by atoms with E-state index in [4.69, 9.17) is 4.42 Å². The molecule has 0 atom stereocenters. The highest BCUT2D eigenvalue weighted by Gasteiger charge is 2.27. The lowest BCUT2D eigenvalue weighted by molar-refractivity contribution is 0.173. The fourth-order valence-corrected chi connectivity index (χ4v) is 4.29. The predicted octanol–water partition coefficient (Wildman–Crippen LogP) is 3.84. The Hall–Kier alpha value is -2.08. The molecule has 3 heterocycles. The summed E-state index contributed by atoms with van der Waals surface area (Å²) in [6.45, 7) is 8.13. The van der Waals surface area contributed by atoms with Crippen LogP contribution < -0.4 is 5.32 Å². The van der Waals surface area contributed by atoms with Gasteiger partial charge in [-0.15, -0.1) is 0 Å². The molecule has 0 unspecified atom stereocenters. The first-order chi connectivity index (χ1) is 13.7. The number of carbonyl (C=O) groups is 1. The van der Waals surface area contributed by atoms with Crippen LogP contribution in [0.5, 0.6) is 0 Å². The van der Waals surface area contributed by atoms with Gasteiger partial charge >= 0.3 is 6.03 Å². The van der Waals surface area contributed by atoms with Crippen molar-refractivity contribution in [3.63, 3.8) is 0 Å². The number of oxazole rings is 1. The van der Waals surface area contributed by atoms with Gasteiger partial charge in [-0.05, 0) is 69.8 Å². The average Bonchev–Trinajstić information content (AvgIpc) is 3.17. The summed E-state index contributed by atoms with van der Waals surface area (Å²) in [4.78, 5) is 21.5. The SMILES string of the molecule is CC1CCN(CCCNC(=O)N2CCC(c3nc4ccccc4o3)CC2)CC1. The second-order valence-electron chi connectivity index (χ2n) is 8.39. The number of amides is 2. The third-order valence-electron chi connectivity index (χ3n) is 6.25. The summed E-state index contributed by atoms with van der Waals surface area (Å²) in [6, 6.07) is 7.96. The van der Waals surface area contributed by atoms with Crippen LogP contribution in [0.2, 0.25) is 0 Å². The van der Waals surface area contributed by atoms with Gasteiger partial charge in [0, 0.05) is 25.6 Å². The first-order valence-corrected chi connectivity index (χ1v) is 10.8. The minimum atomic E-state index is 0.0725. The number of benzene rings is 1. The summed E-state index contributed by atoms with van der Waals surface area (Å²) in [6.07, 6.45) is 5.46. The molecule has 6 heteroatoms. The average molecular weight is 385 g/mol. The van der Waals surface area contributed by atoms with E-state index >= 15 is 0 Å². The number of rotatable bonds is 5. The molecule has 2 aliphatic heterocycles. The van der Waals surface area contributed by atoms with Crippen LogP contribution in [0.4, 0.5) is 4.79 Å². The molecule has 1 aromatic carbocycles. The van der Waals surface area contributed by atoms with Gasteiger partial charge < -0.3 is 19.5 Å². The Bertz CT molecular complexity index is 741. The Morgan fingerprint density at radius 3 is 2.64 bits per heavy atom. The van der Waals surface area contributed by atoms with Crippen LogP contribution in [0, 0.1) is 5.92 Å². The highest BCUT2D eigenvalue weighted by atomic mass is 16.3. The van der Waals surface area contributed by atoms with Gasteiger partial charge in [-0.25, -0.2) is 9.78 Å². The van der Waals surface area contributed by atoms with E-state index < -0.39 is 0 Å². The summed E-state index contributed by atoms with van der Waals surface area (Å²) in [5.74, 6) is 1.99. The molecule has 2 aromatic rings. The monoisotopic (exact) mass is 384 g/mol. The van der Waals surface area contributed by atoms with E-state index in [1.807, 2.05) is 29.2 Å². The number of likely N-dealkylation sites (tertiary alicyclic amines) is 2. The fraction of sp³-hybridized carbons (Fsp3) is 0.636. The van der Waals surface area contributed by atoms with Crippen molar-refractivity contribution in [1.82, 2.24) is 20.1 Å². The summed E-state index contributed by atoms with van der Waals surface area (Å²) >= 11 is 0. The van der Waals surface area contributed by atoms with E-state index in [1.165, 1.54) is 25.9 Å². The Morgan fingerprint density at radius 1 is 1.14 bits per heavy atom. The number of nitrogens with zero attached hydrogens (tertiary/aromatic N) is 3. The molecule has 2 amide bonds. The molecule has 6 nitrogen and oxygen atoms in total. The fourth-order valence-electron chi connectivity index (χ4n) is 4.29. The smallest absolute Gasteiger partial charge is 0.317 e. The molecule has 0 saturated carbocycles. The van der Waals surface area contributed by atoms with E-state index in [-0.39, 0.29) is 6.03 Å². The number of hydrogen-bond donors (Lipinski definition) is 1. The second-order valence-corrected chi connectivity index (χ2v) is 8.39. The molecular formula is C22H32N4O2. The highest BCUT2D eigenvalue weighted by Crippen LogP contribution is 2.29. The zero-order valence-corrected chi connectivity index (χ0v) is 16.9. The second kappa shape index (κ2) is 8.95. The molecule has 4 rings (SSSR count). The Labute approximate surface area is 167 Å². The number of aromatic nitrogens is 1. The number of fused-ring (bicyclic) bond motifs is 1. The molecule has 0 bridgehead atoms. The van der Waals surface area contributed by atoms with Gasteiger partial charge in [0.25, 0.3) is 0 Å². The zero-order valence-electron chi connectivity index (χ0n) is 16.9. The number of nitrogens with one attached hydrogen (secondary N) is 1. The number of hydrogen-bond acceptors (Lipinski definition) is 4. The van der Waals surface area contributed by atoms with Crippen molar-refractivity contribution in [1.29, 1.82) is 0 Å².